The molecule has 1 fully saturated rings. The maximum atomic E-state index is 9.65. The summed E-state index contributed by atoms with van der Waals surface area (Å²) in [6.45, 7) is 14.4. The quantitative estimate of drug-likeness (QED) is 0.341. The first kappa shape index (κ1) is 23.6. The van der Waals surface area contributed by atoms with Gasteiger partial charge in [-0.3, -0.25) is 0 Å². The second kappa shape index (κ2) is 9.40. The first-order valence-corrected chi connectivity index (χ1v) is 10.6. The van der Waals surface area contributed by atoms with E-state index in [9.17, 15) is 10.2 Å². The van der Waals surface area contributed by atoms with E-state index in [1.165, 1.54) is 0 Å². The molecule has 9 nitrogen and oxygen atoms in total. The number of nitrogens with zero attached hydrogens (tertiary/aromatic N) is 3. The molecule has 6 N–H and O–H groups in total. The van der Waals surface area contributed by atoms with Crippen molar-refractivity contribution in [1.29, 1.82) is 0 Å². The number of piperidine rings is 1. The van der Waals surface area contributed by atoms with Crippen molar-refractivity contribution in [3.8, 4) is 0 Å². The zero-order chi connectivity index (χ0) is 21.8. The lowest BCUT2D eigenvalue weighted by Gasteiger charge is -2.48. The van der Waals surface area contributed by atoms with Crippen LogP contribution in [0.1, 0.15) is 74.1 Å². The van der Waals surface area contributed by atoms with Crippen molar-refractivity contribution in [2.24, 2.45) is 5.92 Å². The highest BCUT2D eigenvalue weighted by atomic mass is 16.3. The summed E-state index contributed by atoms with van der Waals surface area (Å²) in [4.78, 5) is 13.1. The third-order valence-electron chi connectivity index (χ3n) is 5.02. The van der Waals surface area contributed by atoms with E-state index in [1.807, 2.05) is 0 Å². The van der Waals surface area contributed by atoms with Gasteiger partial charge in [-0.25, -0.2) is 0 Å². The summed E-state index contributed by atoms with van der Waals surface area (Å²) >= 11 is 0. The van der Waals surface area contributed by atoms with Gasteiger partial charge in [-0.15, -0.1) is 0 Å². The van der Waals surface area contributed by atoms with Crippen LogP contribution in [-0.2, 0) is 0 Å². The third kappa shape index (κ3) is 7.56. The van der Waals surface area contributed by atoms with Crippen molar-refractivity contribution in [2.75, 3.05) is 16.0 Å². The fourth-order valence-corrected chi connectivity index (χ4v) is 4.53. The number of anilines is 3. The molecule has 0 bridgehead atoms. The Bertz CT molecular complexity index is 620. The standard InChI is InChI=1S/C20H39N7O2/c1-8-9-15(14-10-19(4,5)27-20(6,7)11-14)23-18-25-16(21-12(2)28)24-17(26-18)22-13(3)29/h12-15,27-29H,8-11H2,1-7H3,(H3,21,22,23,24,25,26). The van der Waals surface area contributed by atoms with E-state index in [0.717, 1.165) is 25.7 Å². The molecule has 0 radical (unpaired) electrons. The summed E-state index contributed by atoms with van der Waals surface area (Å²) < 4.78 is 0. The molecular weight excluding hydrogens is 370 g/mol. The first-order chi connectivity index (χ1) is 13.4. The Morgan fingerprint density at radius 2 is 1.31 bits per heavy atom. The first-order valence-electron chi connectivity index (χ1n) is 10.6. The Morgan fingerprint density at radius 1 is 0.897 bits per heavy atom. The van der Waals surface area contributed by atoms with Crippen LogP contribution in [0.5, 0.6) is 0 Å². The second-order valence-electron chi connectivity index (χ2n) is 9.55. The van der Waals surface area contributed by atoms with E-state index in [0.29, 0.717) is 11.9 Å². The molecule has 3 atom stereocenters. The number of rotatable bonds is 9. The fraction of sp³-hybridized carbons (Fsp3) is 0.850. The normalized spacial score (nSPS) is 21.8. The van der Waals surface area contributed by atoms with Gasteiger partial charge >= 0.3 is 0 Å². The summed E-state index contributed by atoms with van der Waals surface area (Å²) in [5, 5.41) is 32.1. The molecule has 0 spiro atoms. The molecule has 1 saturated heterocycles. The van der Waals surface area contributed by atoms with Gasteiger partial charge in [-0.1, -0.05) is 13.3 Å². The van der Waals surface area contributed by atoms with E-state index in [-0.39, 0.29) is 29.0 Å². The van der Waals surface area contributed by atoms with Crippen LogP contribution in [0.4, 0.5) is 17.8 Å². The summed E-state index contributed by atoms with van der Waals surface area (Å²) in [7, 11) is 0. The van der Waals surface area contributed by atoms with Crippen molar-refractivity contribution in [3.63, 3.8) is 0 Å². The van der Waals surface area contributed by atoms with Gasteiger partial charge < -0.3 is 31.5 Å². The van der Waals surface area contributed by atoms with Crippen molar-refractivity contribution in [1.82, 2.24) is 20.3 Å². The summed E-state index contributed by atoms with van der Waals surface area (Å²) in [6.07, 6.45) is 2.54. The molecule has 1 aliphatic heterocycles. The summed E-state index contributed by atoms with van der Waals surface area (Å²) in [6, 6.07) is 0.210. The molecule has 1 aromatic heterocycles. The van der Waals surface area contributed by atoms with Gasteiger partial charge in [0.1, 0.15) is 12.5 Å². The van der Waals surface area contributed by atoms with Crippen molar-refractivity contribution in [3.05, 3.63) is 0 Å². The van der Waals surface area contributed by atoms with Crippen LogP contribution in [0, 0.1) is 5.92 Å². The van der Waals surface area contributed by atoms with E-state index in [1.54, 1.807) is 13.8 Å². The van der Waals surface area contributed by atoms with Crippen molar-refractivity contribution < 1.29 is 10.2 Å². The van der Waals surface area contributed by atoms with Crippen molar-refractivity contribution in [2.45, 2.75) is 104 Å². The number of hydrogen-bond donors (Lipinski definition) is 6. The molecular formula is C20H39N7O2. The van der Waals surface area contributed by atoms with Gasteiger partial charge in [-0.05, 0) is 66.7 Å². The summed E-state index contributed by atoms with van der Waals surface area (Å²) in [5.74, 6) is 1.39. The molecule has 1 aromatic rings. The lowest BCUT2D eigenvalue weighted by molar-refractivity contribution is 0.115. The average Bonchev–Trinajstić information content (AvgIpc) is 2.49. The summed E-state index contributed by atoms with van der Waals surface area (Å²) in [5.41, 5.74) is 0.106. The molecule has 2 heterocycles. The largest absolute Gasteiger partial charge is 0.374 e. The van der Waals surface area contributed by atoms with Gasteiger partial charge in [0.25, 0.3) is 0 Å². The molecule has 0 aromatic carbocycles. The second-order valence-corrected chi connectivity index (χ2v) is 9.55. The molecule has 29 heavy (non-hydrogen) atoms. The molecule has 0 aliphatic carbocycles. The highest BCUT2D eigenvalue weighted by Gasteiger charge is 2.40. The molecule has 0 amide bonds. The van der Waals surface area contributed by atoms with Crippen LogP contribution in [0.3, 0.4) is 0 Å². The molecule has 9 heteroatoms. The fourth-order valence-electron chi connectivity index (χ4n) is 4.53. The average molecular weight is 410 g/mol. The van der Waals surface area contributed by atoms with E-state index in [2.05, 4.69) is 70.8 Å². The molecule has 3 unspecified atom stereocenters. The SMILES string of the molecule is CCCC(Nc1nc(NC(C)O)nc(NC(C)O)n1)C1CC(C)(C)NC(C)(C)C1. The van der Waals surface area contributed by atoms with Gasteiger partial charge in [-0.2, -0.15) is 15.0 Å². The molecule has 2 rings (SSSR count). The Kier molecular flexibility index (Phi) is 7.64. The number of hydrogen-bond acceptors (Lipinski definition) is 9. The highest BCUT2D eigenvalue weighted by molar-refractivity contribution is 5.43. The van der Waals surface area contributed by atoms with Gasteiger partial charge in [0.15, 0.2) is 0 Å². The number of nitrogens with one attached hydrogen (secondary N) is 4. The van der Waals surface area contributed by atoms with Gasteiger partial charge in [0, 0.05) is 17.1 Å². The third-order valence-corrected chi connectivity index (χ3v) is 5.02. The minimum absolute atomic E-state index is 0.0528. The number of aromatic nitrogens is 3. The monoisotopic (exact) mass is 409 g/mol. The minimum Gasteiger partial charge on any atom is -0.374 e. The van der Waals surface area contributed by atoms with E-state index in [4.69, 9.17) is 0 Å². The van der Waals surface area contributed by atoms with Crippen LogP contribution in [0.2, 0.25) is 0 Å². The van der Waals surface area contributed by atoms with Gasteiger partial charge in [0.2, 0.25) is 17.8 Å². The maximum absolute atomic E-state index is 9.65. The molecule has 166 valence electrons. The van der Waals surface area contributed by atoms with Gasteiger partial charge in [0.05, 0.1) is 0 Å². The smallest absolute Gasteiger partial charge is 0.231 e. The van der Waals surface area contributed by atoms with Crippen molar-refractivity contribution >= 4 is 17.8 Å². The Labute approximate surface area is 174 Å². The Balaban J connectivity index is 2.28. The van der Waals surface area contributed by atoms with Crippen LogP contribution in [0.25, 0.3) is 0 Å². The molecule has 0 saturated carbocycles. The number of aliphatic hydroxyl groups excluding tert-OH is 2. The van der Waals surface area contributed by atoms with E-state index >= 15 is 0 Å². The van der Waals surface area contributed by atoms with E-state index < -0.39 is 12.5 Å². The topological polar surface area (TPSA) is 127 Å². The predicted octanol–water partition coefficient (Wildman–Crippen LogP) is 2.51. The maximum Gasteiger partial charge on any atom is 0.231 e. The van der Waals surface area contributed by atoms with Crippen LogP contribution in [0.15, 0.2) is 0 Å². The number of aliphatic hydroxyl groups is 2. The Morgan fingerprint density at radius 3 is 1.69 bits per heavy atom. The van der Waals surface area contributed by atoms with Crippen LogP contribution >= 0.6 is 0 Å². The zero-order valence-corrected chi connectivity index (χ0v) is 18.9. The molecule has 1 aliphatic rings. The van der Waals surface area contributed by atoms with Crippen LogP contribution in [-0.4, -0.2) is 54.7 Å². The zero-order valence-electron chi connectivity index (χ0n) is 18.9. The Hall–Kier alpha value is -1.71. The lowest BCUT2D eigenvalue weighted by Crippen LogP contribution is -2.59. The predicted molar refractivity (Wildman–Crippen MR) is 117 cm³/mol. The van der Waals surface area contributed by atoms with Crippen LogP contribution < -0.4 is 21.3 Å². The minimum atomic E-state index is -0.804. The highest BCUT2D eigenvalue weighted by Crippen LogP contribution is 2.36. The lowest BCUT2D eigenvalue weighted by atomic mass is 9.72.